The first kappa shape index (κ1) is 17.9. The molecule has 0 atom stereocenters. The molecule has 9 heteroatoms. The Kier molecular flexibility index (Phi) is 5.17. The number of anilines is 1. The Labute approximate surface area is 149 Å². The molecule has 0 fully saturated rings. The van der Waals surface area contributed by atoms with Crippen LogP contribution in [0.2, 0.25) is 0 Å². The highest BCUT2D eigenvalue weighted by Crippen LogP contribution is 2.28. The smallest absolute Gasteiger partial charge is 0.387 e. The van der Waals surface area contributed by atoms with Gasteiger partial charge in [-0.3, -0.25) is 4.79 Å². The van der Waals surface area contributed by atoms with Crippen molar-refractivity contribution in [1.29, 1.82) is 0 Å². The zero-order valence-corrected chi connectivity index (χ0v) is 13.7. The Morgan fingerprint density at radius 2 is 1.85 bits per heavy atom. The van der Waals surface area contributed by atoms with Crippen LogP contribution in [-0.4, -0.2) is 16.9 Å². The van der Waals surface area contributed by atoms with Crippen molar-refractivity contribution in [1.82, 2.24) is 4.37 Å². The van der Waals surface area contributed by atoms with Gasteiger partial charge in [0.1, 0.15) is 16.4 Å². The van der Waals surface area contributed by atoms with Crippen LogP contribution in [0.3, 0.4) is 0 Å². The number of carbonyl (C=O) groups excluding carboxylic acids is 1. The molecule has 0 bridgehead atoms. The van der Waals surface area contributed by atoms with Crippen LogP contribution in [0.25, 0.3) is 11.3 Å². The first-order valence-corrected chi connectivity index (χ1v) is 7.99. The maximum atomic E-state index is 14.1. The second kappa shape index (κ2) is 7.52. The van der Waals surface area contributed by atoms with Crippen LogP contribution >= 0.6 is 11.5 Å². The van der Waals surface area contributed by atoms with Gasteiger partial charge in [0.15, 0.2) is 11.6 Å². The highest BCUT2D eigenvalue weighted by Gasteiger charge is 2.23. The normalized spacial score (nSPS) is 10.8. The van der Waals surface area contributed by atoms with Gasteiger partial charge in [-0.2, -0.15) is 13.2 Å². The fourth-order valence-corrected chi connectivity index (χ4v) is 2.84. The van der Waals surface area contributed by atoms with Crippen molar-refractivity contribution in [3.63, 3.8) is 0 Å². The van der Waals surface area contributed by atoms with Gasteiger partial charge < -0.3 is 10.1 Å². The summed E-state index contributed by atoms with van der Waals surface area (Å²) in [7, 11) is 0. The summed E-state index contributed by atoms with van der Waals surface area (Å²) in [5, 5.41) is 2.55. The van der Waals surface area contributed by atoms with Gasteiger partial charge in [-0.05, 0) is 23.7 Å². The summed E-state index contributed by atoms with van der Waals surface area (Å²) in [5.41, 5.74) is 0.355. The fraction of sp³-hybridized carbons (Fsp3) is 0.0588. The second-order valence-corrected chi connectivity index (χ2v) is 5.81. The summed E-state index contributed by atoms with van der Waals surface area (Å²) < 4.78 is 60.6. The van der Waals surface area contributed by atoms with Crippen LogP contribution in [0.4, 0.5) is 22.6 Å². The summed E-state index contributed by atoms with van der Waals surface area (Å²) in [6.45, 7) is -3.30. The SMILES string of the molecule is O=C(Nc1cc(-c2ccccc2)ns1)c1c(F)ccc(OC(F)F)c1F. The van der Waals surface area contributed by atoms with Crippen LogP contribution in [0, 0.1) is 11.6 Å². The van der Waals surface area contributed by atoms with Gasteiger partial charge in [0.25, 0.3) is 5.91 Å². The molecule has 0 radical (unpaired) electrons. The van der Waals surface area contributed by atoms with Crippen LogP contribution in [-0.2, 0) is 0 Å². The number of rotatable bonds is 5. The molecule has 0 aliphatic carbocycles. The van der Waals surface area contributed by atoms with E-state index in [0.717, 1.165) is 17.1 Å². The van der Waals surface area contributed by atoms with Gasteiger partial charge in [0.05, 0.1) is 5.69 Å². The summed E-state index contributed by atoms with van der Waals surface area (Å²) in [5.74, 6) is -4.76. The molecule has 1 amide bonds. The minimum atomic E-state index is -3.30. The molecule has 26 heavy (non-hydrogen) atoms. The van der Waals surface area contributed by atoms with E-state index in [1.807, 2.05) is 30.3 Å². The molecular formula is C17H10F4N2O2S. The van der Waals surface area contributed by atoms with E-state index < -0.39 is 35.5 Å². The van der Waals surface area contributed by atoms with Crippen LogP contribution in [0.5, 0.6) is 5.75 Å². The number of hydrogen-bond acceptors (Lipinski definition) is 4. The number of aromatic nitrogens is 1. The maximum absolute atomic E-state index is 14.1. The molecule has 1 aromatic heterocycles. The topological polar surface area (TPSA) is 51.2 Å². The quantitative estimate of drug-likeness (QED) is 0.636. The standard InChI is InChI=1S/C17H10F4N2O2S/c18-10-6-7-12(25-17(20)21)15(19)14(10)16(24)22-13-8-11(23-26-13)9-4-2-1-3-5-9/h1-8,17H,(H,22,24). The number of ether oxygens (including phenoxy) is 1. The lowest BCUT2D eigenvalue weighted by molar-refractivity contribution is -0.0523. The largest absolute Gasteiger partial charge is 0.432 e. The van der Waals surface area contributed by atoms with Crippen molar-refractivity contribution in [2.24, 2.45) is 0 Å². The highest BCUT2D eigenvalue weighted by molar-refractivity contribution is 7.10. The molecule has 3 rings (SSSR count). The van der Waals surface area contributed by atoms with E-state index >= 15 is 0 Å². The first-order chi connectivity index (χ1) is 12.5. The predicted octanol–water partition coefficient (Wildman–Crippen LogP) is 4.94. The Balaban J connectivity index is 1.84. The van der Waals surface area contributed by atoms with Gasteiger partial charge in [-0.1, -0.05) is 30.3 Å². The van der Waals surface area contributed by atoms with E-state index in [1.165, 1.54) is 6.07 Å². The van der Waals surface area contributed by atoms with Gasteiger partial charge in [-0.25, -0.2) is 8.78 Å². The minimum Gasteiger partial charge on any atom is -0.432 e. The molecule has 0 spiro atoms. The summed E-state index contributed by atoms with van der Waals surface area (Å²) in [6, 6.07) is 12.0. The maximum Gasteiger partial charge on any atom is 0.387 e. The lowest BCUT2D eigenvalue weighted by atomic mass is 10.1. The molecule has 0 aliphatic rings. The third-order valence-electron chi connectivity index (χ3n) is 3.32. The summed E-state index contributed by atoms with van der Waals surface area (Å²) >= 11 is 0.916. The van der Waals surface area contributed by atoms with Crippen molar-refractivity contribution in [3.8, 4) is 17.0 Å². The molecule has 1 N–H and O–H groups in total. The van der Waals surface area contributed by atoms with Gasteiger partial charge in [0.2, 0.25) is 0 Å². The van der Waals surface area contributed by atoms with Crippen LogP contribution < -0.4 is 10.1 Å². The van der Waals surface area contributed by atoms with Gasteiger partial charge in [-0.15, -0.1) is 0 Å². The highest BCUT2D eigenvalue weighted by atomic mass is 32.1. The van der Waals surface area contributed by atoms with Crippen molar-refractivity contribution in [2.75, 3.05) is 5.32 Å². The Morgan fingerprint density at radius 1 is 1.12 bits per heavy atom. The number of halogens is 4. The zero-order valence-electron chi connectivity index (χ0n) is 12.9. The second-order valence-electron chi connectivity index (χ2n) is 5.01. The van der Waals surface area contributed by atoms with Crippen LogP contribution in [0.15, 0.2) is 48.5 Å². The van der Waals surface area contributed by atoms with E-state index in [4.69, 9.17) is 0 Å². The van der Waals surface area contributed by atoms with E-state index in [1.54, 1.807) is 0 Å². The third-order valence-corrected chi connectivity index (χ3v) is 4.02. The van der Waals surface area contributed by atoms with Gasteiger partial charge in [0, 0.05) is 11.6 Å². The lowest BCUT2D eigenvalue weighted by Crippen LogP contribution is -2.16. The third kappa shape index (κ3) is 3.83. The molecule has 0 saturated carbocycles. The monoisotopic (exact) mass is 382 g/mol. The van der Waals surface area contributed by atoms with Gasteiger partial charge >= 0.3 is 6.61 Å². The lowest BCUT2D eigenvalue weighted by Gasteiger charge is -2.10. The molecule has 0 saturated heterocycles. The summed E-state index contributed by atoms with van der Waals surface area (Å²) in [6.07, 6.45) is 0. The number of nitrogens with zero attached hydrogens (tertiary/aromatic N) is 1. The molecule has 2 aromatic carbocycles. The van der Waals surface area contributed by atoms with Crippen molar-refractivity contribution >= 4 is 22.4 Å². The van der Waals surface area contributed by atoms with E-state index in [2.05, 4.69) is 14.4 Å². The Hall–Kier alpha value is -2.94. The molecule has 3 aromatic rings. The van der Waals surface area contributed by atoms with E-state index in [-0.39, 0.29) is 5.00 Å². The molecule has 0 aliphatic heterocycles. The number of amides is 1. The number of alkyl halides is 2. The first-order valence-electron chi connectivity index (χ1n) is 7.22. The van der Waals surface area contributed by atoms with E-state index in [0.29, 0.717) is 17.8 Å². The average Bonchev–Trinajstić information content (AvgIpc) is 3.06. The predicted molar refractivity (Wildman–Crippen MR) is 88.5 cm³/mol. The van der Waals surface area contributed by atoms with E-state index in [9.17, 15) is 22.4 Å². The molecule has 4 nitrogen and oxygen atoms in total. The minimum absolute atomic E-state index is 0.243. The average molecular weight is 382 g/mol. The molecule has 134 valence electrons. The molecular weight excluding hydrogens is 372 g/mol. The van der Waals surface area contributed by atoms with Crippen molar-refractivity contribution in [3.05, 3.63) is 65.7 Å². The summed E-state index contributed by atoms with van der Waals surface area (Å²) in [4.78, 5) is 12.2. The molecule has 1 heterocycles. The number of benzene rings is 2. The van der Waals surface area contributed by atoms with Crippen molar-refractivity contribution < 1.29 is 27.1 Å². The number of hydrogen-bond donors (Lipinski definition) is 1. The van der Waals surface area contributed by atoms with Crippen molar-refractivity contribution in [2.45, 2.75) is 6.61 Å². The number of carbonyl (C=O) groups is 1. The fourth-order valence-electron chi connectivity index (χ4n) is 2.18. The van der Waals surface area contributed by atoms with Crippen LogP contribution in [0.1, 0.15) is 10.4 Å². The Morgan fingerprint density at radius 3 is 2.54 bits per heavy atom. The molecule has 0 unspecified atom stereocenters. The Bertz CT molecular complexity index is 932. The zero-order chi connectivity index (χ0) is 18.7. The number of nitrogens with one attached hydrogen (secondary N) is 1.